The van der Waals surface area contributed by atoms with Crippen molar-refractivity contribution >= 4 is 22.8 Å². The Morgan fingerprint density at radius 1 is 1.36 bits per heavy atom. The number of hydrogen-bond donors (Lipinski definition) is 1. The zero-order valence-electron chi connectivity index (χ0n) is 14.7. The summed E-state index contributed by atoms with van der Waals surface area (Å²) < 4.78 is 11.2. The van der Waals surface area contributed by atoms with Crippen LogP contribution in [0.25, 0.3) is 11.0 Å². The molecular formula is C19H24N2O4. The van der Waals surface area contributed by atoms with Crippen LogP contribution in [0.15, 0.2) is 28.7 Å². The second-order valence-electron chi connectivity index (χ2n) is 6.39. The van der Waals surface area contributed by atoms with Gasteiger partial charge in [-0.3, -0.25) is 9.69 Å². The highest BCUT2D eigenvalue weighted by atomic mass is 16.5. The van der Waals surface area contributed by atoms with E-state index in [1.807, 2.05) is 24.3 Å². The van der Waals surface area contributed by atoms with E-state index in [1.54, 1.807) is 6.92 Å². The number of likely N-dealkylation sites (tertiary alicyclic amines) is 1. The van der Waals surface area contributed by atoms with Gasteiger partial charge in [-0.05, 0) is 32.4 Å². The zero-order valence-corrected chi connectivity index (χ0v) is 14.7. The SMILES string of the molecule is CCOC(=O)c1c(CN2CCC[C@@H](NC(C)=O)C2)oc2ccccc12. The third kappa shape index (κ3) is 4.02. The Bertz CT molecular complexity index is 768. The van der Waals surface area contributed by atoms with E-state index in [4.69, 9.17) is 9.15 Å². The van der Waals surface area contributed by atoms with Crippen LogP contribution in [0.3, 0.4) is 0 Å². The van der Waals surface area contributed by atoms with Gasteiger partial charge in [0.1, 0.15) is 16.9 Å². The van der Waals surface area contributed by atoms with Gasteiger partial charge in [0.15, 0.2) is 0 Å². The third-order valence-corrected chi connectivity index (χ3v) is 4.43. The van der Waals surface area contributed by atoms with E-state index in [-0.39, 0.29) is 17.9 Å². The van der Waals surface area contributed by atoms with Gasteiger partial charge in [-0.1, -0.05) is 18.2 Å². The summed E-state index contributed by atoms with van der Waals surface area (Å²) in [6.45, 7) is 5.85. The maximum absolute atomic E-state index is 12.4. The van der Waals surface area contributed by atoms with E-state index < -0.39 is 0 Å². The number of furan rings is 1. The van der Waals surface area contributed by atoms with E-state index >= 15 is 0 Å². The highest BCUT2D eigenvalue weighted by Gasteiger charge is 2.26. The van der Waals surface area contributed by atoms with Crippen molar-refractivity contribution in [3.05, 3.63) is 35.6 Å². The van der Waals surface area contributed by atoms with Crippen molar-refractivity contribution in [3.63, 3.8) is 0 Å². The van der Waals surface area contributed by atoms with Gasteiger partial charge in [0.25, 0.3) is 0 Å². The first-order valence-electron chi connectivity index (χ1n) is 8.75. The summed E-state index contributed by atoms with van der Waals surface area (Å²) in [6.07, 6.45) is 1.97. The van der Waals surface area contributed by atoms with Crippen molar-refractivity contribution in [2.75, 3.05) is 19.7 Å². The molecule has 0 spiro atoms. The lowest BCUT2D eigenvalue weighted by atomic mass is 10.0. The van der Waals surface area contributed by atoms with Gasteiger partial charge in [-0.2, -0.15) is 0 Å². The number of carbonyl (C=O) groups is 2. The molecule has 1 aromatic heterocycles. The van der Waals surface area contributed by atoms with Gasteiger partial charge in [0, 0.05) is 24.9 Å². The number of carbonyl (C=O) groups excluding carboxylic acids is 2. The molecule has 25 heavy (non-hydrogen) atoms. The molecule has 3 rings (SSSR count). The molecular weight excluding hydrogens is 320 g/mol. The van der Waals surface area contributed by atoms with Crippen LogP contribution in [-0.2, 0) is 16.1 Å². The standard InChI is InChI=1S/C19H24N2O4/c1-3-24-19(23)18-15-8-4-5-9-16(15)25-17(18)12-21-10-6-7-14(11-21)20-13(2)22/h4-5,8-9,14H,3,6-7,10-12H2,1-2H3,(H,20,22)/t14-/m1/s1. The fraction of sp³-hybridized carbons (Fsp3) is 0.474. The van der Waals surface area contributed by atoms with Crippen LogP contribution in [0.2, 0.25) is 0 Å². The molecule has 6 nitrogen and oxygen atoms in total. The van der Waals surface area contributed by atoms with Gasteiger partial charge in [-0.25, -0.2) is 4.79 Å². The summed E-state index contributed by atoms with van der Waals surface area (Å²) >= 11 is 0. The molecule has 2 heterocycles. The van der Waals surface area contributed by atoms with Crippen molar-refractivity contribution in [2.45, 2.75) is 39.3 Å². The Balaban J connectivity index is 1.84. The number of hydrogen-bond acceptors (Lipinski definition) is 5. The Morgan fingerprint density at radius 2 is 2.16 bits per heavy atom. The molecule has 1 aliphatic heterocycles. The zero-order chi connectivity index (χ0) is 17.8. The number of benzene rings is 1. The predicted octanol–water partition coefficient (Wildman–Crippen LogP) is 2.71. The van der Waals surface area contributed by atoms with E-state index in [0.29, 0.717) is 30.1 Å². The first-order chi connectivity index (χ1) is 12.1. The highest BCUT2D eigenvalue weighted by molar-refractivity contribution is 6.04. The van der Waals surface area contributed by atoms with Crippen molar-refractivity contribution in [2.24, 2.45) is 0 Å². The van der Waals surface area contributed by atoms with Gasteiger partial charge in [0.05, 0.1) is 13.2 Å². The molecule has 1 fully saturated rings. The fourth-order valence-corrected chi connectivity index (χ4v) is 3.44. The molecule has 1 N–H and O–H groups in total. The monoisotopic (exact) mass is 344 g/mol. The summed E-state index contributed by atoms with van der Waals surface area (Å²) in [6, 6.07) is 7.65. The molecule has 1 aromatic carbocycles. The molecule has 0 aliphatic carbocycles. The van der Waals surface area contributed by atoms with E-state index in [2.05, 4.69) is 10.2 Å². The van der Waals surface area contributed by atoms with Crippen molar-refractivity contribution < 1.29 is 18.7 Å². The first kappa shape index (κ1) is 17.5. The number of esters is 1. The average Bonchev–Trinajstić information content (AvgIpc) is 2.92. The molecule has 0 bridgehead atoms. The van der Waals surface area contributed by atoms with E-state index in [1.165, 1.54) is 6.92 Å². The number of amides is 1. The molecule has 6 heteroatoms. The third-order valence-electron chi connectivity index (χ3n) is 4.43. The minimum absolute atomic E-state index is 0.0113. The number of para-hydroxylation sites is 1. The minimum Gasteiger partial charge on any atom is -0.462 e. The topological polar surface area (TPSA) is 71.8 Å². The smallest absolute Gasteiger partial charge is 0.342 e. The molecule has 0 saturated carbocycles. The Hall–Kier alpha value is -2.34. The van der Waals surface area contributed by atoms with Crippen LogP contribution in [0.1, 0.15) is 42.8 Å². The number of fused-ring (bicyclic) bond motifs is 1. The van der Waals surface area contributed by atoms with E-state index in [9.17, 15) is 9.59 Å². The van der Waals surface area contributed by atoms with Gasteiger partial charge < -0.3 is 14.5 Å². The Labute approximate surface area is 147 Å². The van der Waals surface area contributed by atoms with Crippen molar-refractivity contribution in [1.29, 1.82) is 0 Å². The summed E-state index contributed by atoms with van der Waals surface area (Å²) in [7, 11) is 0. The summed E-state index contributed by atoms with van der Waals surface area (Å²) in [5.74, 6) is 0.267. The van der Waals surface area contributed by atoms with Crippen molar-refractivity contribution in [1.82, 2.24) is 10.2 Å². The lowest BCUT2D eigenvalue weighted by Crippen LogP contribution is -2.46. The molecule has 0 unspecified atom stereocenters. The molecule has 1 amide bonds. The molecule has 2 aromatic rings. The predicted molar refractivity (Wildman–Crippen MR) is 94.3 cm³/mol. The van der Waals surface area contributed by atoms with E-state index in [0.717, 1.165) is 31.3 Å². The second-order valence-corrected chi connectivity index (χ2v) is 6.39. The van der Waals surface area contributed by atoms with Crippen LogP contribution < -0.4 is 5.32 Å². The van der Waals surface area contributed by atoms with Crippen LogP contribution in [-0.4, -0.2) is 42.5 Å². The Morgan fingerprint density at radius 3 is 2.92 bits per heavy atom. The van der Waals surface area contributed by atoms with Crippen LogP contribution >= 0.6 is 0 Å². The molecule has 1 saturated heterocycles. The lowest BCUT2D eigenvalue weighted by Gasteiger charge is -2.32. The van der Waals surface area contributed by atoms with Crippen LogP contribution in [0.5, 0.6) is 0 Å². The molecule has 1 atom stereocenters. The number of ether oxygens (including phenoxy) is 1. The van der Waals surface area contributed by atoms with Crippen LogP contribution in [0, 0.1) is 0 Å². The Kier molecular flexibility index (Phi) is 5.38. The summed E-state index contributed by atoms with van der Waals surface area (Å²) in [4.78, 5) is 25.9. The maximum atomic E-state index is 12.4. The fourth-order valence-electron chi connectivity index (χ4n) is 3.44. The summed E-state index contributed by atoms with van der Waals surface area (Å²) in [5.41, 5.74) is 1.20. The largest absolute Gasteiger partial charge is 0.462 e. The molecule has 0 radical (unpaired) electrons. The normalized spacial score (nSPS) is 18.2. The number of piperidine rings is 1. The number of rotatable bonds is 5. The van der Waals surface area contributed by atoms with Gasteiger partial charge in [0.2, 0.25) is 5.91 Å². The molecule has 1 aliphatic rings. The quantitative estimate of drug-likeness (QED) is 0.845. The average molecular weight is 344 g/mol. The minimum atomic E-state index is -0.349. The number of nitrogens with zero attached hydrogens (tertiary/aromatic N) is 1. The first-order valence-corrected chi connectivity index (χ1v) is 8.75. The van der Waals surface area contributed by atoms with Crippen LogP contribution in [0.4, 0.5) is 0 Å². The maximum Gasteiger partial charge on any atom is 0.342 e. The van der Waals surface area contributed by atoms with Gasteiger partial charge in [-0.15, -0.1) is 0 Å². The van der Waals surface area contributed by atoms with Crippen molar-refractivity contribution in [3.8, 4) is 0 Å². The highest BCUT2D eigenvalue weighted by Crippen LogP contribution is 2.28. The second kappa shape index (κ2) is 7.70. The number of nitrogens with one attached hydrogen (secondary N) is 1. The van der Waals surface area contributed by atoms with Gasteiger partial charge >= 0.3 is 5.97 Å². The lowest BCUT2D eigenvalue weighted by molar-refractivity contribution is -0.120. The summed E-state index contributed by atoms with van der Waals surface area (Å²) in [5, 5.41) is 3.76. The molecule has 134 valence electrons.